The van der Waals surface area contributed by atoms with E-state index in [0.717, 1.165) is 12.8 Å². The molecule has 1 amide bonds. The molecule has 4 nitrogen and oxygen atoms in total. The number of ether oxygens (including phenoxy) is 1. The lowest BCUT2D eigenvalue weighted by atomic mass is 10.1. The molecule has 0 saturated carbocycles. The third-order valence-corrected chi connectivity index (χ3v) is 4.34. The number of aromatic nitrogens is 1. The first-order chi connectivity index (χ1) is 10.6. The molecule has 1 unspecified atom stereocenters. The Morgan fingerprint density at radius 2 is 2.18 bits per heavy atom. The summed E-state index contributed by atoms with van der Waals surface area (Å²) in [4.78, 5) is 18.6. The first kappa shape index (κ1) is 14.9. The van der Waals surface area contributed by atoms with Crippen molar-refractivity contribution in [3.05, 3.63) is 58.2 Å². The summed E-state index contributed by atoms with van der Waals surface area (Å²) in [6.45, 7) is 0. The van der Waals surface area contributed by atoms with Crippen LogP contribution in [-0.4, -0.2) is 29.9 Å². The molecule has 0 fully saturated rings. The number of carbonyl (C=O) groups is 1. The van der Waals surface area contributed by atoms with E-state index in [-0.39, 0.29) is 11.9 Å². The van der Waals surface area contributed by atoms with Gasteiger partial charge in [-0.3, -0.25) is 4.79 Å². The zero-order valence-electron chi connectivity index (χ0n) is 12.5. The minimum absolute atomic E-state index is 0.0763. The quantitative estimate of drug-likeness (QED) is 0.870. The van der Waals surface area contributed by atoms with Crippen LogP contribution in [-0.2, 0) is 6.42 Å². The number of amides is 1. The maximum absolute atomic E-state index is 12.8. The minimum atomic E-state index is -0.131. The molecule has 0 N–H and O–H groups in total. The van der Waals surface area contributed by atoms with Crippen LogP contribution in [0.5, 0.6) is 5.88 Å². The summed E-state index contributed by atoms with van der Waals surface area (Å²) in [5, 5.41) is 0.421. The van der Waals surface area contributed by atoms with E-state index >= 15 is 0 Å². The Morgan fingerprint density at radius 3 is 2.95 bits per heavy atom. The molecule has 1 aliphatic rings. The van der Waals surface area contributed by atoms with Crippen molar-refractivity contribution >= 4 is 17.5 Å². The van der Waals surface area contributed by atoms with Crippen molar-refractivity contribution in [1.82, 2.24) is 9.88 Å². The number of nitrogens with zero attached hydrogens (tertiary/aromatic N) is 2. The fraction of sp³-hybridized carbons (Fsp3) is 0.294. The van der Waals surface area contributed by atoms with Crippen molar-refractivity contribution < 1.29 is 9.53 Å². The van der Waals surface area contributed by atoms with Gasteiger partial charge in [0.2, 0.25) is 5.88 Å². The van der Waals surface area contributed by atoms with Gasteiger partial charge in [-0.15, -0.1) is 0 Å². The number of benzene rings is 1. The Bertz CT molecular complexity index is 718. The van der Waals surface area contributed by atoms with Gasteiger partial charge in [-0.05, 0) is 30.0 Å². The fourth-order valence-corrected chi connectivity index (χ4v) is 3.17. The van der Waals surface area contributed by atoms with Crippen LogP contribution in [0, 0.1) is 0 Å². The highest BCUT2D eigenvalue weighted by Gasteiger charge is 2.30. The van der Waals surface area contributed by atoms with Crippen LogP contribution in [0.2, 0.25) is 5.02 Å². The lowest BCUT2D eigenvalue weighted by Gasteiger charge is -2.26. The predicted octanol–water partition coefficient (Wildman–Crippen LogP) is 3.50. The second-order valence-corrected chi connectivity index (χ2v) is 5.82. The molecule has 1 heterocycles. The molecule has 0 spiro atoms. The van der Waals surface area contributed by atoms with Crippen molar-refractivity contribution in [2.75, 3.05) is 14.2 Å². The van der Waals surface area contributed by atoms with E-state index in [0.29, 0.717) is 16.5 Å². The van der Waals surface area contributed by atoms with Crippen molar-refractivity contribution in [3.63, 3.8) is 0 Å². The van der Waals surface area contributed by atoms with E-state index < -0.39 is 0 Å². The first-order valence-electron chi connectivity index (χ1n) is 7.16. The van der Waals surface area contributed by atoms with Crippen LogP contribution in [0.15, 0.2) is 36.5 Å². The van der Waals surface area contributed by atoms with Crippen molar-refractivity contribution in [2.24, 2.45) is 0 Å². The van der Waals surface area contributed by atoms with E-state index in [1.54, 1.807) is 11.0 Å². The molecular weight excluding hydrogens is 300 g/mol. The lowest BCUT2D eigenvalue weighted by molar-refractivity contribution is 0.0726. The molecule has 0 bridgehead atoms. The molecule has 22 heavy (non-hydrogen) atoms. The van der Waals surface area contributed by atoms with Crippen LogP contribution in [0.1, 0.15) is 33.9 Å². The highest BCUT2D eigenvalue weighted by molar-refractivity contribution is 6.30. The number of hydrogen-bond donors (Lipinski definition) is 0. The Kier molecular flexibility index (Phi) is 4.03. The van der Waals surface area contributed by atoms with Gasteiger partial charge in [-0.1, -0.05) is 35.9 Å². The number of methoxy groups -OCH3 is 1. The second kappa shape index (κ2) is 5.97. The highest BCUT2D eigenvalue weighted by atomic mass is 35.5. The topological polar surface area (TPSA) is 42.4 Å². The summed E-state index contributed by atoms with van der Waals surface area (Å²) in [6.07, 6.45) is 3.39. The van der Waals surface area contributed by atoms with Gasteiger partial charge in [0.15, 0.2) is 0 Å². The maximum atomic E-state index is 12.8. The maximum Gasteiger partial charge on any atom is 0.259 e. The Labute approximate surface area is 134 Å². The number of aryl methyl sites for hydroxylation is 1. The Hall–Kier alpha value is -2.07. The smallest absolute Gasteiger partial charge is 0.259 e. The summed E-state index contributed by atoms with van der Waals surface area (Å²) in [6, 6.07) is 9.93. The molecule has 1 aromatic carbocycles. The van der Waals surface area contributed by atoms with Crippen molar-refractivity contribution in [2.45, 2.75) is 18.9 Å². The Balaban J connectivity index is 1.92. The zero-order chi connectivity index (χ0) is 15.7. The van der Waals surface area contributed by atoms with Crippen molar-refractivity contribution in [1.29, 1.82) is 0 Å². The van der Waals surface area contributed by atoms with Gasteiger partial charge in [0.25, 0.3) is 5.91 Å². The van der Waals surface area contributed by atoms with Gasteiger partial charge in [0.1, 0.15) is 5.56 Å². The average molecular weight is 317 g/mol. The summed E-state index contributed by atoms with van der Waals surface area (Å²) in [7, 11) is 3.31. The van der Waals surface area contributed by atoms with Gasteiger partial charge in [-0.25, -0.2) is 4.98 Å². The van der Waals surface area contributed by atoms with E-state index in [2.05, 4.69) is 17.1 Å². The summed E-state index contributed by atoms with van der Waals surface area (Å²) in [5.74, 6) is 0.168. The van der Waals surface area contributed by atoms with Crippen LogP contribution >= 0.6 is 11.6 Å². The van der Waals surface area contributed by atoms with E-state index in [1.807, 2.05) is 19.2 Å². The molecular formula is C17H17ClN2O2. The summed E-state index contributed by atoms with van der Waals surface area (Å²) >= 11 is 5.97. The molecule has 0 aliphatic heterocycles. The number of carbonyl (C=O) groups excluding carboxylic acids is 1. The highest BCUT2D eigenvalue weighted by Crippen LogP contribution is 2.36. The Morgan fingerprint density at radius 1 is 1.41 bits per heavy atom. The van der Waals surface area contributed by atoms with Crippen molar-refractivity contribution in [3.8, 4) is 5.88 Å². The van der Waals surface area contributed by atoms with E-state index in [4.69, 9.17) is 16.3 Å². The van der Waals surface area contributed by atoms with Gasteiger partial charge in [0.05, 0.1) is 18.2 Å². The summed E-state index contributed by atoms with van der Waals surface area (Å²) < 4.78 is 5.19. The second-order valence-electron chi connectivity index (χ2n) is 5.38. The molecule has 0 radical (unpaired) electrons. The zero-order valence-corrected chi connectivity index (χ0v) is 13.3. The van der Waals surface area contributed by atoms with Crippen LogP contribution in [0.4, 0.5) is 0 Å². The third kappa shape index (κ3) is 2.55. The number of fused-ring (bicyclic) bond motifs is 1. The average Bonchev–Trinajstić information content (AvgIpc) is 2.97. The minimum Gasteiger partial charge on any atom is -0.480 e. The first-order valence-corrected chi connectivity index (χ1v) is 7.54. The molecule has 5 heteroatoms. The van der Waals surface area contributed by atoms with Crippen LogP contribution in [0.3, 0.4) is 0 Å². The monoisotopic (exact) mass is 316 g/mol. The number of pyridine rings is 1. The number of rotatable bonds is 3. The van der Waals surface area contributed by atoms with E-state index in [9.17, 15) is 4.79 Å². The SMILES string of the molecule is COc1ncc(Cl)cc1C(=O)N(C)C1CCc2ccccc21. The van der Waals surface area contributed by atoms with Gasteiger partial charge >= 0.3 is 0 Å². The molecule has 0 saturated heterocycles. The molecule has 1 atom stereocenters. The molecule has 1 aromatic heterocycles. The standard InChI is InChI=1S/C17H17ClN2O2/c1-20(15-8-7-11-5-3-4-6-13(11)15)17(21)14-9-12(18)10-19-16(14)22-2/h3-6,9-10,15H,7-8H2,1-2H3. The van der Waals surface area contributed by atoms with Crippen LogP contribution in [0.25, 0.3) is 0 Å². The van der Waals surface area contributed by atoms with Gasteiger partial charge in [-0.2, -0.15) is 0 Å². The number of hydrogen-bond acceptors (Lipinski definition) is 3. The van der Waals surface area contributed by atoms with Gasteiger partial charge < -0.3 is 9.64 Å². The van der Waals surface area contributed by atoms with Gasteiger partial charge in [0, 0.05) is 13.2 Å². The number of halogens is 1. The van der Waals surface area contributed by atoms with Crippen LogP contribution < -0.4 is 4.74 Å². The molecule has 1 aliphatic carbocycles. The molecule has 2 aromatic rings. The third-order valence-electron chi connectivity index (χ3n) is 4.13. The normalized spacial score (nSPS) is 16.2. The largest absolute Gasteiger partial charge is 0.480 e. The van der Waals surface area contributed by atoms with E-state index in [1.165, 1.54) is 24.4 Å². The molecule has 3 rings (SSSR count). The summed E-state index contributed by atoms with van der Waals surface area (Å²) in [5.41, 5.74) is 2.91. The predicted molar refractivity (Wildman–Crippen MR) is 85.4 cm³/mol. The lowest BCUT2D eigenvalue weighted by Crippen LogP contribution is -2.30. The fourth-order valence-electron chi connectivity index (χ4n) is 3.01. The molecule has 114 valence electrons.